The quantitative estimate of drug-likeness (QED) is 0.326. The van der Waals surface area contributed by atoms with Crippen molar-refractivity contribution in [3.8, 4) is 0 Å². The lowest BCUT2D eigenvalue weighted by Gasteiger charge is -2.31. The molecule has 228 valence electrons. The summed E-state index contributed by atoms with van der Waals surface area (Å²) in [6.45, 7) is 12.7. The second-order valence-corrected chi connectivity index (χ2v) is 12.1. The van der Waals surface area contributed by atoms with Crippen molar-refractivity contribution in [2.24, 2.45) is 11.8 Å². The topological polar surface area (TPSA) is 143 Å². The van der Waals surface area contributed by atoms with Crippen LogP contribution < -0.4 is 16.0 Å². The molecule has 11 heteroatoms. The number of hydrogen-bond acceptors (Lipinski definition) is 7. The van der Waals surface area contributed by atoms with Crippen LogP contribution in [-0.2, 0) is 35.3 Å². The molecule has 0 spiro atoms. The molecule has 0 bridgehead atoms. The first-order chi connectivity index (χ1) is 19.2. The molecule has 3 N–H and O–H groups in total. The number of nitrogens with one attached hydrogen (secondary N) is 3. The highest BCUT2D eigenvalue weighted by Crippen LogP contribution is 2.21. The molecule has 1 saturated heterocycles. The van der Waals surface area contributed by atoms with Gasteiger partial charge in [0, 0.05) is 6.54 Å². The molecular formula is C30H46N4O7. The lowest BCUT2D eigenvalue weighted by atomic mass is 10.0. The molecule has 0 aliphatic carbocycles. The van der Waals surface area contributed by atoms with Gasteiger partial charge in [-0.2, -0.15) is 0 Å². The number of amides is 4. The number of carbonyl (C=O) groups excluding carboxylic acids is 5. The summed E-state index contributed by atoms with van der Waals surface area (Å²) in [7, 11) is 0. The van der Waals surface area contributed by atoms with Gasteiger partial charge in [0.05, 0.1) is 6.54 Å². The minimum atomic E-state index is -0.875. The van der Waals surface area contributed by atoms with Gasteiger partial charge in [-0.1, -0.05) is 58.0 Å². The van der Waals surface area contributed by atoms with E-state index in [1.807, 2.05) is 44.2 Å². The van der Waals surface area contributed by atoms with Crippen LogP contribution in [0.3, 0.4) is 0 Å². The van der Waals surface area contributed by atoms with E-state index in [2.05, 4.69) is 16.0 Å². The van der Waals surface area contributed by atoms with Crippen molar-refractivity contribution in [1.29, 1.82) is 0 Å². The smallest absolute Gasteiger partial charge is 0.408 e. The first-order valence-corrected chi connectivity index (χ1v) is 14.3. The summed E-state index contributed by atoms with van der Waals surface area (Å²) in [5.41, 5.74) is 0.109. The van der Waals surface area contributed by atoms with Crippen molar-refractivity contribution >= 4 is 29.8 Å². The van der Waals surface area contributed by atoms with Crippen molar-refractivity contribution in [3.05, 3.63) is 35.9 Å². The van der Waals surface area contributed by atoms with Crippen LogP contribution in [0.5, 0.6) is 0 Å². The molecule has 1 fully saturated rings. The number of nitrogens with zero attached hydrogens (tertiary/aromatic N) is 1. The van der Waals surface area contributed by atoms with E-state index in [9.17, 15) is 24.0 Å². The molecule has 11 nitrogen and oxygen atoms in total. The standard InChI is InChI=1S/C30H46N4O7/c1-19(2)16-22(28(38)40-18-21-12-9-8-10-13-21)32-24(35)17-31-26(36)23-14-11-15-34(23)27(37)25(20(3)4)33-29(39)41-30(5,6)7/h8-10,12-13,19-20,22-23,25H,11,14-18H2,1-7H3,(H,31,36)(H,32,35)(H,33,39)/t22-,23+,25-/m0/s1. The van der Waals surface area contributed by atoms with Gasteiger partial charge in [-0.15, -0.1) is 0 Å². The SMILES string of the molecule is CC(C)C[C@H](NC(=O)CNC(=O)[C@H]1CCCN1C(=O)[C@@H](NC(=O)OC(C)(C)C)C(C)C)C(=O)OCc1ccccc1. The summed E-state index contributed by atoms with van der Waals surface area (Å²) < 4.78 is 10.7. The van der Waals surface area contributed by atoms with E-state index in [0.29, 0.717) is 25.8 Å². The Bertz CT molecular complexity index is 1050. The first-order valence-electron chi connectivity index (χ1n) is 14.3. The predicted molar refractivity (Wildman–Crippen MR) is 153 cm³/mol. The number of likely N-dealkylation sites (tertiary alicyclic amines) is 1. The Kier molecular flexibility index (Phi) is 12.6. The molecule has 1 heterocycles. The number of benzene rings is 1. The van der Waals surface area contributed by atoms with E-state index in [-0.39, 0.29) is 30.9 Å². The van der Waals surface area contributed by atoms with Gasteiger partial charge in [0.1, 0.15) is 30.3 Å². The molecule has 1 aromatic rings. The molecule has 0 aromatic heterocycles. The maximum Gasteiger partial charge on any atom is 0.408 e. The van der Waals surface area contributed by atoms with Gasteiger partial charge >= 0.3 is 12.1 Å². The Morgan fingerprint density at radius 1 is 1.00 bits per heavy atom. The molecule has 41 heavy (non-hydrogen) atoms. The Morgan fingerprint density at radius 2 is 1.66 bits per heavy atom. The minimum absolute atomic E-state index is 0.0899. The zero-order valence-corrected chi connectivity index (χ0v) is 25.3. The number of esters is 1. The fourth-order valence-corrected chi connectivity index (χ4v) is 4.48. The van der Waals surface area contributed by atoms with Gasteiger partial charge in [-0.3, -0.25) is 14.4 Å². The summed E-state index contributed by atoms with van der Waals surface area (Å²) in [5, 5.41) is 7.90. The van der Waals surface area contributed by atoms with E-state index in [4.69, 9.17) is 9.47 Å². The van der Waals surface area contributed by atoms with E-state index in [1.54, 1.807) is 34.6 Å². The fourth-order valence-electron chi connectivity index (χ4n) is 4.48. The lowest BCUT2D eigenvalue weighted by molar-refractivity contribution is -0.149. The summed E-state index contributed by atoms with van der Waals surface area (Å²) in [6, 6.07) is 6.72. The van der Waals surface area contributed by atoms with Crippen LogP contribution in [0.4, 0.5) is 4.79 Å². The number of rotatable bonds is 12. The lowest BCUT2D eigenvalue weighted by Crippen LogP contribution is -2.56. The third-order valence-corrected chi connectivity index (χ3v) is 6.42. The normalized spacial score (nSPS) is 16.6. The van der Waals surface area contributed by atoms with Gasteiger partial charge in [0.15, 0.2) is 0 Å². The molecule has 1 aromatic carbocycles. The minimum Gasteiger partial charge on any atom is -0.459 e. The van der Waals surface area contributed by atoms with Crippen LogP contribution in [0.2, 0.25) is 0 Å². The molecule has 2 rings (SSSR count). The van der Waals surface area contributed by atoms with Crippen molar-refractivity contribution in [1.82, 2.24) is 20.9 Å². The summed E-state index contributed by atoms with van der Waals surface area (Å²) in [4.78, 5) is 65.6. The van der Waals surface area contributed by atoms with Crippen LogP contribution in [-0.4, -0.2) is 71.5 Å². The summed E-state index contributed by atoms with van der Waals surface area (Å²) >= 11 is 0. The fraction of sp³-hybridized carbons (Fsp3) is 0.633. The molecule has 1 aliphatic rings. The van der Waals surface area contributed by atoms with Crippen LogP contribution in [0.1, 0.15) is 73.3 Å². The van der Waals surface area contributed by atoms with Gasteiger partial charge in [-0.05, 0) is 57.4 Å². The first kappa shape index (κ1) is 33.6. The summed E-state index contributed by atoms with van der Waals surface area (Å²) in [6.07, 6.45) is 0.703. The molecule has 3 atom stereocenters. The molecule has 0 saturated carbocycles. The van der Waals surface area contributed by atoms with E-state index >= 15 is 0 Å². The molecule has 0 radical (unpaired) electrons. The highest BCUT2D eigenvalue weighted by atomic mass is 16.6. The second kappa shape index (κ2) is 15.4. The van der Waals surface area contributed by atoms with Crippen molar-refractivity contribution in [2.75, 3.05) is 13.1 Å². The van der Waals surface area contributed by atoms with Crippen LogP contribution in [0, 0.1) is 11.8 Å². The third kappa shape index (κ3) is 11.4. The Balaban J connectivity index is 1.95. The highest BCUT2D eigenvalue weighted by molar-refractivity contribution is 5.94. The number of alkyl carbamates (subject to hydrolysis) is 1. The van der Waals surface area contributed by atoms with Gasteiger partial charge in [0.2, 0.25) is 17.7 Å². The molecule has 1 aliphatic heterocycles. The highest BCUT2D eigenvalue weighted by Gasteiger charge is 2.39. The number of hydrogen-bond donors (Lipinski definition) is 3. The van der Waals surface area contributed by atoms with Crippen LogP contribution in [0.15, 0.2) is 30.3 Å². The Morgan fingerprint density at radius 3 is 2.24 bits per heavy atom. The largest absolute Gasteiger partial charge is 0.459 e. The van der Waals surface area contributed by atoms with Crippen LogP contribution in [0.25, 0.3) is 0 Å². The van der Waals surface area contributed by atoms with E-state index < -0.39 is 47.6 Å². The number of carbonyl (C=O) groups is 5. The average Bonchev–Trinajstić information content (AvgIpc) is 3.37. The summed E-state index contributed by atoms with van der Waals surface area (Å²) in [5.74, 6) is -2.08. The maximum absolute atomic E-state index is 13.4. The molecule has 0 unspecified atom stereocenters. The number of ether oxygens (including phenoxy) is 2. The van der Waals surface area contributed by atoms with E-state index in [0.717, 1.165) is 5.56 Å². The van der Waals surface area contributed by atoms with Crippen molar-refractivity contribution < 1.29 is 33.4 Å². The van der Waals surface area contributed by atoms with E-state index in [1.165, 1.54) is 4.90 Å². The van der Waals surface area contributed by atoms with Crippen molar-refractivity contribution in [3.63, 3.8) is 0 Å². The Hall–Kier alpha value is -3.63. The van der Waals surface area contributed by atoms with Crippen LogP contribution >= 0.6 is 0 Å². The zero-order chi connectivity index (χ0) is 30.7. The van der Waals surface area contributed by atoms with Gasteiger partial charge < -0.3 is 30.3 Å². The van der Waals surface area contributed by atoms with Crippen molar-refractivity contribution in [2.45, 2.75) is 98.1 Å². The van der Waals surface area contributed by atoms with Gasteiger partial charge in [-0.25, -0.2) is 9.59 Å². The average molecular weight is 575 g/mol. The molecular weight excluding hydrogens is 528 g/mol. The Labute approximate surface area is 243 Å². The zero-order valence-electron chi connectivity index (χ0n) is 25.3. The third-order valence-electron chi connectivity index (χ3n) is 6.42. The maximum atomic E-state index is 13.4. The van der Waals surface area contributed by atoms with Gasteiger partial charge in [0.25, 0.3) is 0 Å². The second-order valence-electron chi connectivity index (χ2n) is 12.1. The predicted octanol–water partition coefficient (Wildman–Crippen LogP) is 2.92. The molecule has 4 amide bonds. The monoisotopic (exact) mass is 574 g/mol.